The number of likely N-dealkylation sites (tertiary alicyclic amines) is 1. The quantitative estimate of drug-likeness (QED) is 0.614. The molecular weight excluding hydrogens is 308 g/mol. The number of fused-ring (bicyclic) bond motifs is 1. The van der Waals surface area contributed by atoms with Crippen LogP contribution in [0.4, 0.5) is 0 Å². The molecule has 1 saturated carbocycles. The Hall–Kier alpha value is -1.87. The molecule has 0 atom stereocenters. The molecule has 0 unspecified atom stereocenters. The van der Waals surface area contributed by atoms with Crippen molar-refractivity contribution in [3.05, 3.63) is 23.0 Å². The zero-order valence-electron chi connectivity index (χ0n) is 13.1. The monoisotopic (exact) mass is 326 g/mol. The van der Waals surface area contributed by atoms with Gasteiger partial charge in [-0.2, -0.15) is 5.26 Å². The van der Waals surface area contributed by atoms with Crippen molar-refractivity contribution in [2.24, 2.45) is 5.41 Å². The van der Waals surface area contributed by atoms with Gasteiger partial charge in [0.1, 0.15) is 11.6 Å². The topological polar surface area (TPSA) is 69.9 Å². The van der Waals surface area contributed by atoms with Crippen LogP contribution in [0.3, 0.4) is 0 Å². The highest BCUT2D eigenvalue weighted by Gasteiger charge is 2.45. The van der Waals surface area contributed by atoms with Gasteiger partial charge in [0, 0.05) is 31.3 Å². The molecule has 0 radical (unpaired) electrons. The second kappa shape index (κ2) is 5.34. The zero-order valence-corrected chi connectivity index (χ0v) is 13.9. The third-order valence-electron chi connectivity index (χ3n) is 5.33. The number of nitrogens with zero attached hydrogens (tertiary/aromatic N) is 4. The van der Waals surface area contributed by atoms with E-state index in [1.807, 2.05) is 6.26 Å². The highest BCUT2D eigenvalue weighted by atomic mass is 32.2. The number of nitriles is 1. The summed E-state index contributed by atoms with van der Waals surface area (Å²) in [5, 5.41) is 10.2. The normalized spacial score (nSPS) is 22.1. The molecule has 4 rings (SSSR count). The van der Waals surface area contributed by atoms with Gasteiger partial charge in [-0.15, -0.1) is 0 Å². The number of ketones is 1. The Morgan fingerprint density at radius 3 is 2.65 bits per heavy atom. The van der Waals surface area contributed by atoms with E-state index in [0.29, 0.717) is 10.6 Å². The van der Waals surface area contributed by atoms with Crippen molar-refractivity contribution in [3.8, 4) is 6.07 Å². The molecule has 1 aromatic heterocycles. The van der Waals surface area contributed by atoms with Crippen LogP contribution in [0.15, 0.2) is 16.9 Å². The maximum Gasteiger partial charge on any atom is 0.187 e. The van der Waals surface area contributed by atoms with E-state index in [2.05, 4.69) is 20.9 Å². The fourth-order valence-corrected chi connectivity index (χ4v) is 3.98. The van der Waals surface area contributed by atoms with E-state index in [-0.39, 0.29) is 17.8 Å². The smallest absolute Gasteiger partial charge is 0.187 e. The van der Waals surface area contributed by atoms with Crippen molar-refractivity contribution in [1.82, 2.24) is 14.9 Å². The highest BCUT2D eigenvalue weighted by molar-refractivity contribution is 7.98. The van der Waals surface area contributed by atoms with Gasteiger partial charge in [0.15, 0.2) is 10.9 Å². The molecule has 5 nitrogen and oxygen atoms in total. The molecule has 2 heterocycles. The lowest BCUT2D eigenvalue weighted by Gasteiger charge is -2.37. The van der Waals surface area contributed by atoms with Crippen molar-refractivity contribution >= 4 is 23.2 Å². The SMILES string of the molecule is CSc1ncc2c(n1)C(N1CCC3(CC1)CC3)=C(C#N)C(=O)C2. The average molecular weight is 326 g/mol. The van der Waals surface area contributed by atoms with Crippen LogP contribution in [-0.4, -0.2) is 40.0 Å². The van der Waals surface area contributed by atoms with Gasteiger partial charge in [-0.05, 0) is 37.4 Å². The summed E-state index contributed by atoms with van der Waals surface area (Å²) < 4.78 is 0. The van der Waals surface area contributed by atoms with Crippen LogP contribution >= 0.6 is 11.8 Å². The summed E-state index contributed by atoms with van der Waals surface area (Å²) in [6, 6.07) is 2.14. The fraction of sp³-hybridized carbons (Fsp3) is 0.529. The Bertz CT molecular complexity index is 750. The van der Waals surface area contributed by atoms with Crippen LogP contribution < -0.4 is 0 Å². The van der Waals surface area contributed by atoms with Crippen LogP contribution in [-0.2, 0) is 11.2 Å². The van der Waals surface area contributed by atoms with E-state index in [0.717, 1.165) is 42.9 Å². The highest BCUT2D eigenvalue weighted by Crippen LogP contribution is 2.54. The molecule has 0 amide bonds. The molecule has 6 heteroatoms. The van der Waals surface area contributed by atoms with Gasteiger partial charge in [-0.3, -0.25) is 4.79 Å². The van der Waals surface area contributed by atoms with Gasteiger partial charge in [-0.25, -0.2) is 9.97 Å². The molecule has 0 bridgehead atoms. The number of hydrogen-bond acceptors (Lipinski definition) is 6. The second-order valence-corrected chi connectivity index (χ2v) is 7.43. The molecule has 1 spiro atoms. The number of hydrogen-bond donors (Lipinski definition) is 0. The Morgan fingerprint density at radius 2 is 2.04 bits per heavy atom. The first-order valence-electron chi connectivity index (χ1n) is 7.99. The number of piperidine rings is 1. The first-order chi connectivity index (χ1) is 11.2. The number of allylic oxidation sites excluding steroid dienone is 1. The van der Waals surface area contributed by atoms with Gasteiger partial charge in [-0.1, -0.05) is 11.8 Å². The van der Waals surface area contributed by atoms with E-state index in [1.165, 1.54) is 24.6 Å². The summed E-state index contributed by atoms with van der Waals surface area (Å²) in [6.07, 6.45) is 8.87. The molecule has 1 aromatic rings. The van der Waals surface area contributed by atoms with Crippen LogP contribution in [0.25, 0.3) is 5.70 Å². The number of carbonyl (C=O) groups is 1. The van der Waals surface area contributed by atoms with E-state index in [9.17, 15) is 10.1 Å². The van der Waals surface area contributed by atoms with Crippen molar-refractivity contribution in [1.29, 1.82) is 5.26 Å². The number of carbonyl (C=O) groups excluding carboxylic acids is 1. The van der Waals surface area contributed by atoms with Crippen LogP contribution in [0.5, 0.6) is 0 Å². The molecule has 2 aliphatic carbocycles. The van der Waals surface area contributed by atoms with Gasteiger partial charge < -0.3 is 4.90 Å². The molecule has 118 valence electrons. The van der Waals surface area contributed by atoms with Crippen molar-refractivity contribution in [2.45, 2.75) is 37.3 Å². The molecule has 23 heavy (non-hydrogen) atoms. The Balaban J connectivity index is 1.77. The lowest BCUT2D eigenvalue weighted by Crippen LogP contribution is -2.36. The number of Topliss-reactive ketones (excluding diaryl/α,β-unsaturated/α-hetero) is 1. The minimum absolute atomic E-state index is 0.109. The number of aromatic nitrogens is 2. The molecule has 3 aliphatic rings. The summed E-state index contributed by atoms with van der Waals surface area (Å²) in [7, 11) is 0. The molecule has 0 N–H and O–H groups in total. The van der Waals surface area contributed by atoms with E-state index < -0.39 is 0 Å². The minimum atomic E-state index is -0.109. The van der Waals surface area contributed by atoms with Gasteiger partial charge >= 0.3 is 0 Å². The molecular formula is C17H18N4OS. The molecule has 2 fully saturated rings. The third kappa shape index (κ3) is 2.43. The lowest BCUT2D eigenvalue weighted by atomic mass is 9.89. The first-order valence-corrected chi connectivity index (χ1v) is 9.21. The largest absolute Gasteiger partial charge is 0.369 e. The Morgan fingerprint density at radius 1 is 1.30 bits per heavy atom. The lowest BCUT2D eigenvalue weighted by molar-refractivity contribution is -0.114. The molecule has 0 aromatic carbocycles. The van der Waals surface area contributed by atoms with Gasteiger partial charge in [0.2, 0.25) is 0 Å². The van der Waals surface area contributed by atoms with Crippen molar-refractivity contribution < 1.29 is 4.79 Å². The fourth-order valence-electron chi connectivity index (χ4n) is 3.64. The summed E-state index contributed by atoms with van der Waals surface area (Å²) in [4.78, 5) is 23.5. The summed E-state index contributed by atoms with van der Waals surface area (Å²) in [6.45, 7) is 1.82. The maximum atomic E-state index is 12.4. The average Bonchev–Trinajstić information content (AvgIpc) is 3.33. The second-order valence-electron chi connectivity index (χ2n) is 6.65. The van der Waals surface area contributed by atoms with Gasteiger partial charge in [0.05, 0.1) is 11.4 Å². The predicted octanol–water partition coefficient (Wildman–Crippen LogP) is 2.43. The minimum Gasteiger partial charge on any atom is -0.369 e. The summed E-state index contributed by atoms with van der Waals surface area (Å²) in [5.41, 5.74) is 3.20. The standard InChI is InChI=1S/C17H18N4OS/c1-23-16-19-10-11-8-13(22)12(9-18)15(14(11)20-16)21-6-4-17(2-3-17)5-7-21/h10H,2-8H2,1H3. The predicted molar refractivity (Wildman–Crippen MR) is 87.5 cm³/mol. The Kier molecular flexibility index (Phi) is 3.42. The van der Waals surface area contributed by atoms with E-state index in [1.54, 1.807) is 6.20 Å². The van der Waals surface area contributed by atoms with Crippen LogP contribution in [0, 0.1) is 16.7 Å². The zero-order chi connectivity index (χ0) is 16.0. The maximum absolute atomic E-state index is 12.4. The van der Waals surface area contributed by atoms with Crippen molar-refractivity contribution in [2.75, 3.05) is 19.3 Å². The van der Waals surface area contributed by atoms with Gasteiger partial charge in [0.25, 0.3) is 0 Å². The molecule has 1 aliphatic heterocycles. The Labute approximate surface area is 139 Å². The summed E-state index contributed by atoms with van der Waals surface area (Å²) >= 11 is 1.48. The van der Waals surface area contributed by atoms with E-state index >= 15 is 0 Å². The number of rotatable bonds is 2. The third-order valence-corrected chi connectivity index (χ3v) is 5.89. The van der Waals surface area contributed by atoms with Crippen LogP contribution in [0.1, 0.15) is 36.9 Å². The number of thioether (sulfide) groups is 1. The first kappa shape index (κ1) is 14.7. The van der Waals surface area contributed by atoms with E-state index in [4.69, 9.17) is 0 Å². The van der Waals surface area contributed by atoms with Crippen LogP contribution in [0.2, 0.25) is 0 Å². The molecule has 1 saturated heterocycles. The van der Waals surface area contributed by atoms with Crippen molar-refractivity contribution in [3.63, 3.8) is 0 Å². The summed E-state index contributed by atoms with van der Waals surface area (Å²) in [5.74, 6) is -0.109.